The van der Waals surface area contributed by atoms with E-state index in [-0.39, 0.29) is 5.91 Å². The van der Waals surface area contributed by atoms with Crippen LogP contribution in [-0.4, -0.2) is 17.7 Å². The lowest BCUT2D eigenvalue weighted by Gasteiger charge is -2.09. The van der Waals surface area contributed by atoms with Crippen LogP contribution >= 0.6 is 15.9 Å². The Bertz CT molecular complexity index is 744. The van der Waals surface area contributed by atoms with Gasteiger partial charge in [0.05, 0.1) is 5.56 Å². The van der Waals surface area contributed by atoms with Gasteiger partial charge in [-0.15, -0.1) is 0 Å². The third kappa shape index (κ3) is 4.65. The molecule has 0 aromatic heterocycles. The first-order valence-corrected chi connectivity index (χ1v) is 7.49. The van der Waals surface area contributed by atoms with Crippen molar-refractivity contribution in [2.75, 3.05) is 5.32 Å². The van der Waals surface area contributed by atoms with E-state index >= 15 is 0 Å². The average molecular weight is 376 g/mol. The minimum atomic E-state index is -0.459. The Hall–Kier alpha value is -2.67. The van der Waals surface area contributed by atoms with Gasteiger partial charge in [-0.1, -0.05) is 12.1 Å². The normalized spacial score (nSPS) is 9.83. The van der Waals surface area contributed by atoms with Gasteiger partial charge >= 0.3 is 0 Å². The molecule has 0 fully saturated rings. The summed E-state index contributed by atoms with van der Waals surface area (Å²) >= 11 is 3.27. The Kier molecular flexibility index (Phi) is 5.48. The smallest absolute Gasteiger partial charge is 0.270 e. The Morgan fingerprint density at radius 1 is 0.870 bits per heavy atom. The van der Waals surface area contributed by atoms with Crippen molar-refractivity contribution in [1.82, 2.24) is 10.9 Å². The standard InChI is InChI=1S/C16H14BrN3O3/c1-10(21)18-12-8-6-11(7-9-12)15(22)19-20-16(23)13-4-2-3-5-14(13)17/h2-9H,1H3,(H,18,21)(H,19,22)(H,20,23). The maximum absolute atomic E-state index is 12.0. The van der Waals surface area contributed by atoms with Gasteiger partial charge in [0.25, 0.3) is 11.8 Å². The predicted molar refractivity (Wildman–Crippen MR) is 89.8 cm³/mol. The van der Waals surface area contributed by atoms with E-state index < -0.39 is 11.8 Å². The summed E-state index contributed by atoms with van der Waals surface area (Å²) in [5.74, 6) is -1.08. The van der Waals surface area contributed by atoms with Gasteiger partial charge in [-0.2, -0.15) is 0 Å². The van der Waals surface area contributed by atoms with Crippen molar-refractivity contribution in [3.63, 3.8) is 0 Å². The summed E-state index contributed by atoms with van der Waals surface area (Å²) in [6, 6.07) is 13.2. The highest BCUT2D eigenvalue weighted by atomic mass is 79.9. The number of hydrogen-bond acceptors (Lipinski definition) is 3. The Balaban J connectivity index is 1.95. The molecule has 0 unspecified atom stereocenters. The zero-order valence-electron chi connectivity index (χ0n) is 12.2. The molecule has 3 amide bonds. The van der Waals surface area contributed by atoms with Crippen LogP contribution in [0, 0.1) is 0 Å². The third-order valence-corrected chi connectivity index (χ3v) is 3.57. The van der Waals surface area contributed by atoms with Crippen LogP contribution in [0.3, 0.4) is 0 Å². The van der Waals surface area contributed by atoms with Crippen molar-refractivity contribution in [3.8, 4) is 0 Å². The molecule has 0 bridgehead atoms. The lowest BCUT2D eigenvalue weighted by molar-refractivity contribution is -0.114. The van der Waals surface area contributed by atoms with E-state index in [0.717, 1.165) is 0 Å². The molecule has 2 aromatic rings. The highest BCUT2D eigenvalue weighted by molar-refractivity contribution is 9.10. The summed E-state index contributed by atoms with van der Waals surface area (Å²) in [5.41, 5.74) is 6.04. The van der Waals surface area contributed by atoms with Crippen molar-refractivity contribution in [2.45, 2.75) is 6.92 Å². The zero-order chi connectivity index (χ0) is 16.8. The first-order valence-electron chi connectivity index (χ1n) is 6.70. The van der Waals surface area contributed by atoms with Gasteiger partial charge in [-0.3, -0.25) is 25.2 Å². The van der Waals surface area contributed by atoms with Crippen molar-refractivity contribution in [1.29, 1.82) is 0 Å². The van der Waals surface area contributed by atoms with E-state index in [4.69, 9.17) is 0 Å². The number of halogens is 1. The van der Waals surface area contributed by atoms with Gasteiger partial charge in [-0.05, 0) is 52.3 Å². The SMILES string of the molecule is CC(=O)Nc1ccc(C(=O)NNC(=O)c2ccccc2Br)cc1. The highest BCUT2D eigenvalue weighted by Crippen LogP contribution is 2.15. The van der Waals surface area contributed by atoms with Crippen LogP contribution in [-0.2, 0) is 4.79 Å². The number of rotatable bonds is 3. The molecule has 0 saturated heterocycles. The first kappa shape index (κ1) is 16.7. The molecule has 23 heavy (non-hydrogen) atoms. The number of amides is 3. The number of hydrogen-bond donors (Lipinski definition) is 3. The minimum Gasteiger partial charge on any atom is -0.326 e. The van der Waals surface area contributed by atoms with E-state index in [1.807, 2.05) is 0 Å². The second kappa shape index (κ2) is 7.55. The summed E-state index contributed by atoms with van der Waals surface area (Å²) in [6.45, 7) is 1.40. The molecule has 118 valence electrons. The average Bonchev–Trinajstić information content (AvgIpc) is 2.53. The first-order chi connectivity index (χ1) is 11.0. The largest absolute Gasteiger partial charge is 0.326 e. The van der Waals surface area contributed by atoms with Crippen LogP contribution in [0.1, 0.15) is 27.6 Å². The maximum Gasteiger partial charge on any atom is 0.270 e. The van der Waals surface area contributed by atoms with E-state index in [2.05, 4.69) is 32.1 Å². The van der Waals surface area contributed by atoms with Gasteiger partial charge in [0.1, 0.15) is 0 Å². The minimum absolute atomic E-state index is 0.192. The van der Waals surface area contributed by atoms with E-state index in [0.29, 0.717) is 21.3 Å². The molecular formula is C16H14BrN3O3. The van der Waals surface area contributed by atoms with E-state index in [1.165, 1.54) is 6.92 Å². The lowest BCUT2D eigenvalue weighted by Crippen LogP contribution is -2.41. The summed E-state index contributed by atoms with van der Waals surface area (Å²) in [5, 5.41) is 2.60. The number of anilines is 1. The number of nitrogens with one attached hydrogen (secondary N) is 3. The van der Waals surface area contributed by atoms with Gasteiger partial charge in [0.15, 0.2) is 0 Å². The summed E-state index contributed by atoms with van der Waals surface area (Å²) in [6.07, 6.45) is 0. The fourth-order valence-electron chi connectivity index (χ4n) is 1.81. The molecule has 7 heteroatoms. The van der Waals surface area contributed by atoms with Crippen LogP contribution < -0.4 is 16.2 Å². The Labute approximate surface area is 141 Å². The number of benzene rings is 2. The van der Waals surface area contributed by atoms with Crippen LogP contribution in [0.5, 0.6) is 0 Å². The summed E-state index contributed by atoms with van der Waals surface area (Å²) in [4.78, 5) is 34.9. The molecule has 0 aliphatic rings. The van der Waals surface area contributed by atoms with Gasteiger partial charge < -0.3 is 5.32 Å². The Morgan fingerprint density at radius 3 is 2.09 bits per heavy atom. The van der Waals surface area contributed by atoms with Gasteiger partial charge in [0, 0.05) is 22.6 Å². The van der Waals surface area contributed by atoms with Crippen LogP contribution in [0.4, 0.5) is 5.69 Å². The molecular weight excluding hydrogens is 362 g/mol. The maximum atomic E-state index is 12.0. The number of carbonyl (C=O) groups excluding carboxylic acids is 3. The van der Waals surface area contributed by atoms with Gasteiger partial charge in [0.2, 0.25) is 5.91 Å². The fraction of sp³-hybridized carbons (Fsp3) is 0.0625. The van der Waals surface area contributed by atoms with Crippen molar-refractivity contribution >= 4 is 39.3 Å². The lowest BCUT2D eigenvalue weighted by atomic mass is 10.2. The van der Waals surface area contributed by atoms with Crippen LogP contribution in [0.25, 0.3) is 0 Å². The number of hydrazine groups is 1. The monoisotopic (exact) mass is 375 g/mol. The molecule has 0 spiro atoms. The summed E-state index contributed by atoms with van der Waals surface area (Å²) in [7, 11) is 0. The molecule has 2 rings (SSSR count). The van der Waals surface area contributed by atoms with Crippen LogP contribution in [0.2, 0.25) is 0 Å². The molecule has 3 N–H and O–H groups in total. The highest BCUT2D eigenvalue weighted by Gasteiger charge is 2.11. The summed E-state index contributed by atoms with van der Waals surface area (Å²) < 4.78 is 0.631. The predicted octanol–water partition coefficient (Wildman–Crippen LogP) is 2.48. The molecule has 0 aliphatic carbocycles. The topological polar surface area (TPSA) is 87.3 Å². The van der Waals surface area contributed by atoms with Crippen molar-refractivity contribution in [2.24, 2.45) is 0 Å². The zero-order valence-corrected chi connectivity index (χ0v) is 13.8. The second-order valence-electron chi connectivity index (χ2n) is 4.65. The molecule has 0 aliphatic heterocycles. The fourth-order valence-corrected chi connectivity index (χ4v) is 2.27. The molecule has 2 aromatic carbocycles. The van der Waals surface area contributed by atoms with E-state index in [1.54, 1.807) is 48.5 Å². The molecule has 0 atom stereocenters. The van der Waals surface area contributed by atoms with Crippen molar-refractivity contribution < 1.29 is 14.4 Å². The molecule has 0 saturated carbocycles. The quantitative estimate of drug-likeness (QED) is 0.720. The van der Waals surface area contributed by atoms with Gasteiger partial charge in [-0.25, -0.2) is 0 Å². The third-order valence-electron chi connectivity index (χ3n) is 2.88. The molecule has 0 radical (unpaired) electrons. The van der Waals surface area contributed by atoms with Crippen molar-refractivity contribution in [3.05, 3.63) is 64.1 Å². The van der Waals surface area contributed by atoms with E-state index in [9.17, 15) is 14.4 Å². The molecule has 6 nitrogen and oxygen atoms in total. The van der Waals surface area contributed by atoms with Crippen LogP contribution in [0.15, 0.2) is 53.0 Å². The second-order valence-corrected chi connectivity index (χ2v) is 5.50. The number of carbonyl (C=O) groups is 3. The Morgan fingerprint density at radius 2 is 1.48 bits per heavy atom. The molecule has 0 heterocycles.